The lowest BCUT2D eigenvalue weighted by atomic mass is 9.85. The molecule has 29 heavy (non-hydrogen) atoms. The van der Waals surface area contributed by atoms with Gasteiger partial charge in [0, 0.05) is 44.5 Å². The van der Waals surface area contributed by atoms with Crippen LogP contribution < -0.4 is 0 Å². The van der Waals surface area contributed by atoms with Crippen LogP contribution in [0.2, 0.25) is 0 Å². The minimum atomic E-state index is 0.139. The summed E-state index contributed by atoms with van der Waals surface area (Å²) in [5.74, 6) is 3.18. The summed E-state index contributed by atoms with van der Waals surface area (Å²) in [5, 5.41) is 13.5. The Labute approximate surface area is 168 Å². The largest absolute Gasteiger partial charge is 0.276 e. The van der Waals surface area contributed by atoms with Crippen LogP contribution in [0.25, 0.3) is 5.95 Å². The number of nitrogens with zero attached hydrogens (tertiary/aromatic N) is 9. The van der Waals surface area contributed by atoms with Gasteiger partial charge in [0.25, 0.3) is 5.95 Å². The van der Waals surface area contributed by atoms with Crippen LogP contribution >= 0.6 is 0 Å². The third kappa shape index (κ3) is 3.22. The molecule has 1 aliphatic rings. The summed E-state index contributed by atoms with van der Waals surface area (Å²) in [5.41, 5.74) is 3.47. The first kappa shape index (κ1) is 17.7. The molecule has 0 aliphatic heterocycles. The predicted octanol–water partition coefficient (Wildman–Crippen LogP) is 1.89. The van der Waals surface area contributed by atoms with Crippen LogP contribution in [-0.2, 0) is 26.9 Å². The van der Waals surface area contributed by atoms with E-state index in [1.165, 1.54) is 5.56 Å². The topological polar surface area (TPSA) is 92.1 Å². The zero-order valence-electron chi connectivity index (χ0n) is 16.8. The van der Waals surface area contributed by atoms with Crippen LogP contribution in [0.15, 0.2) is 30.7 Å². The number of aromatic nitrogens is 9. The van der Waals surface area contributed by atoms with Gasteiger partial charge in [0.05, 0.1) is 6.20 Å². The fraction of sp³-hybridized carbons (Fsp3) is 0.400. The van der Waals surface area contributed by atoms with E-state index in [1.807, 2.05) is 50.4 Å². The monoisotopic (exact) mass is 389 g/mol. The van der Waals surface area contributed by atoms with E-state index in [-0.39, 0.29) is 5.92 Å². The van der Waals surface area contributed by atoms with Crippen LogP contribution in [0, 0.1) is 6.92 Å². The first-order valence-corrected chi connectivity index (χ1v) is 9.83. The zero-order valence-corrected chi connectivity index (χ0v) is 16.8. The second-order valence-corrected chi connectivity index (χ2v) is 7.56. The highest BCUT2D eigenvalue weighted by atomic mass is 15.5. The fourth-order valence-corrected chi connectivity index (χ4v) is 4.12. The normalized spacial score (nSPS) is 16.2. The van der Waals surface area contributed by atoms with Crippen LogP contribution in [0.1, 0.15) is 53.1 Å². The molecule has 0 saturated heterocycles. The Morgan fingerprint density at radius 2 is 2.07 bits per heavy atom. The molecular weight excluding hydrogens is 366 g/mol. The molecule has 0 aromatic carbocycles. The Morgan fingerprint density at radius 1 is 1.17 bits per heavy atom. The molecule has 0 spiro atoms. The maximum atomic E-state index is 4.97. The smallest absolute Gasteiger partial charge is 0.250 e. The van der Waals surface area contributed by atoms with Crippen molar-refractivity contribution < 1.29 is 0 Å². The highest BCUT2D eigenvalue weighted by Crippen LogP contribution is 2.35. The van der Waals surface area contributed by atoms with Gasteiger partial charge >= 0.3 is 0 Å². The maximum absolute atomic E-state index is 4.97. The van der Waals surface area contributed by atoms with Gasteiger partial charge in [0.2, 0.25) is 0 Å². The highest BCUT2D eigenvalue weighted by molar-refractivity contribution is 5.34. The van der Waals surface area contributed by atoms with Crippen molar-refractivity contribution in [3.05, 3.63) is 65.0 Å². The summed E-state index contributed by atoms with van der Waals surface area (Å²) in [4.78, 5) is 14.2. The minimum Gasteiger partial charge on any atom is -0.276 e. The molecule has 1 atom stereocenters. The second kappa shape index (κ2) is 6.91. The van der Waals surface area contributed by atoms with Crippen LogP contribution in [0.5, 0.6) is 0 Å². The molecule has 4 aromatic heterocycles. The molecular formula is C20H23N9. The summed E-state index contributed by atoms with van der Waals surface area (Å²) in [6.07, 6.45) is 9.44. The van der Waals surface area contributed by atoms with Crippen LogP contribution in [-0.4, -0.2) is 44.3 Å². The van der Waals surface area contributed by atoms with E-state index >= 15 is 0 Å². The first-order chi connectivity index (χ1) is 14.1. The van der Waals surface area contributed by atoms with Gasteiger partial charge < -0.3 is 0 Å². The molecule has 9 heteroatoms. The molecule has 9 nitrogen and oxygen atoms in total. The van der Waals surface area contributed by atoms with E-state index in [2.05, 4.69) is 26.2 Å². The third-order valence-electron chi connectivity index (χ3n) is 5.35. The van der Waals surface area contributed by atoms with E-state index < -0.39 is 0 Å². The Balaban J connectivity index is 1.62. The van der Waals surface area contributed by atoms with Crippen LogP contribution in [0.3, 0.4) is 0 Å². The molecule has 148 valence electrons. The number of aryl methyl sites for hydroxylation is 4. The van der Waals surface area contributed by atoms with Crippen molar-refractivity contribution in [2.24, 2.45) is 14.1 Å². The fourth-order valence-electron chi connectivity index (χ4n) is 4.12. The average Bonchev–Trinajstić information content (AvgIpc) is 3.40. The Kier molecular flexibility index (Phi) is 4.22. The van der Waals surface area contributed by atoms with E-state index in [1.54, 1.807) is 9.36 Å². The molecule has 0 amide bonds. The maximum Gasteiger partial charge on any atom is 0.250 e. The lowest BCUT2D eigenvalue weighted by molar-refractivity contribution is 0.555. The quantitative estimate of drug-likeness (QED) is 0.529. The first-order valence-electron chi connectivity index (χ1n) is 9.83. The highest BCUT2D eigenvalue weighted by Gasteiger charge is 2.29. The number of hydrogen-bond donors (Lipinski definition) is 0. The van der Waals surface area contributed by atoms with Gasteiger partial charge in [-0.15, -0.1) is 5.10 Å². The standard InChI is InChI=1S/C20H23N9/c1-13-23-20(28(3)25-13)29-19(16-6-4-8-17-15(16)7-5-9-21-17)24-18(26-29)10-14-11-22-27(2)12-14/h5,7,9,11-12,16H,4,6,8,10H2,1-3H3. The molecule has 0 fully saturated rings. The molecule has 1 unspecified atom stereocenters. The third-order valence-corrected chi connectivity index (χ3v) is 5.35. The van der Waals surface area contributed by atoms with E-state index in [0.717, 1.165) is 42.2 Å². The lowest BCUT2D eigenvalue weighted by Crippen LogP contribution is -2.18. The van der Waals surface area contributed by atoms with Gasteiger partial charge in [-0.1, -0.05) is 6.07 Å². The van der Waals surface area contributed by atoms with Gasteiger partial charge in [-0.05, 0) is 43.4 Å². The predicted molar refractivity (Wildman–Crippen MR) is 106 cm³/mol. The molecule has 0 radical (unpaired) electrons. The van der Waals surface area contributed by atoms with Crippen molar-refractivity contribution in [1.29, 1.82) is 0 Å². The molecule has 4 aromatic rings. The van der Waals surface area contributed by atoms with Crippen molar-refractivity contribution in [1.82, 2.24) is 44.3 Å². The van der Waals surface area contributed by atoms with Crippen molar-refractivity contribution in [3.63, 3.8) is 0 Å². The van der Waals surface area contributed by atoms with Crippen molar-refractivity contribution in [2.75, 3.05) is 0 Å². The van der Waals surface area contributed by atoms with E-state index in [4.69, 9.17) is 10.1 Å². The van der Waals surface area contributed by atoms with Crippen LogP contribution in [0.4, 0.5) is 0 Å². The summed E-state index contributed by atoms with van der Waals surface area (Å²) in [7, 11) is 3.80. The van der Waals surface area contributed by atoms with Crippen molar-refractivity contribution in [2.45, 2.75) is 38.5 Å². The number of rotatable bonds is 4. The van der Waals surface area contributed by atoms with Gasteiger partial charge in [0.1, 0.15) is 11.6 Å². The summed E-state index contributed by atoms with van der Waals surface area (Å²) < 4.78 is 5.41. The second-order valence-electron chi connectivity index (χ2n) is 7.56. The SMILES string of the molecule is Cc1nc(-n2nc(Cc3cnn(C)c3)nc2C2CCCc3ncccc32)n(C)n1. The Bertz CT molecular complexity index is 1170. The number of hydrogen-bond acceptors (Lipinski definition) is 6. The van der Waals surface area contributed by atoms with E-state index in [0.29, 0.717) is 18.2 Å². The Morgan fingerprint density at radius 3 is 2.83 bits per heavy atom. The van der Waals surface area contributed by atoms with Gasteiger partial charge in [0.15, 0.2) is 5.82 Å². The average molecular weight is 389 g/mol. The van der Waals surface area contributed by atoms with Gasteiger partial charge in [-0.3, -0.25) is 9.67 Å². The molecule has 0 bridgehead atoms. The molecule has 5 rings (SSSR count). The minimum absolute atomic E-state index is 0.139. The van der Waals surface area contributed by atoms with Gasteiger partial charge in [-0.25, -0.2) is 9.67 Å². The molecule has 0 N–H and O–H groups in total. The van der Waals surface area contributed by atoms with E-state index in [9.17, 15) is 0 Å². The molecule has 4 heterocycles. The number of fused-ring (bicyclic) bond motifs is 1. The summed E-state index contributed by atoms with van der Waals surface area (Å²) in [6.45, 7) is 1.89. The summed E-state index contributed by atoms with van der Waals surface area (Å²) >= 11 is 0. The Hall–Kier alpha value is -3.36. The summed E-state index contributed by atoms with van der Waals surface area (Å²) in [6, 6.07) is 4.16. The van der Waals surface area contributed by atoms with Crippen molar-refractivity contribution >= 4 is 0 Å². The van der Waals surface area contributed by atoms with Gasteiger partial charge in [-0.2, -0.15) is 19.9 Å². The van der Waals surface area contributed by atoms with Crippen molar-refractivity contribution in [3.8, 4) is 5.95 Å². The zero-order chi connectivity index (χ0) is 20.0. The lowest BCUT2D eigenvalue weighted by Gasteiger charge is -2.23. The number of pyridine rings is 1. The molecule has 0 saturated carbocycles. The molecule has 1 aliphatic carbocycles.